The summed E-state index contributed by atoms with van der Waals surface area (Å²) in [6.07, 6.45) is 6.15. The molecule has 1 amide bonds. The van der Waals surface area contributed by atoms with E-state index < -0.39 is 0 Å². The van der Waals surface area contributed by atoms with Crippen molar-refractivity contribution in [1.82, 2.24) is 14.9 Å². The lowest BCUT2D eigenvalue weighted by Gasteiger charge is -2.44. The maximum absolute atomic E-state index is 12.3. The van der Waals surface area contributed by atoms with Gasteiger partial charge in [0.2, 0.25) is 0 Å². The molecule has 2 aliphatic heterocycles. The molecule has 0 radical (unpaired) electrons. The Labute approximate surface area is 113 Å². The van der Waals surface area contributed by atoms with E-state index in [2.05, 4.69) is 9.97 Å². The van der Waals surface area contributed by atoms with Crippen molar-refractivity contribution in [2.75, 3.05) is 26.3 Å². The van der Waals surface area contributed by atoms with Crippen LogP contribution in [0, 0.1) is 12.3 Å². The highest BCUT2D eigenvalue weighted by molar-refractivity contribution is 5.92. The Morgan fingerprint density at radius 3 is 2.58 bits per heavy atom. The molecule has 5 heteroatoms. The lowest BCUT2D eigenvalue weighted by atomic mass is 9.72. The average Bonchev–Trinajstić information content (AvgIpc) is 2.87. The number of carbonyl (C=O) groups is 1. The average molecular weight is 263 g/mol. The number of aromatic nitrogens is 2. The second kappa shape index (κ2) is 4.96. The van der Waals surface area contributed by atoms with Crippen molar-refractivity contribution in [2.24, 2.45) is 5.41 Å². The molecule has 1 N–H and O–H groups in total. The first kappa shape index (κ1) is 12.7. The second-order valence-corrected chi connectivity index (χ2v) is 5.79. The quantitative estimate of drug-likeness (QED) is 0.839. The van der Waals surface area contributed by atoms with Crippen molar-refractivity contribution in [2.45, 2.75) is 32.6 Å². The van der Waals surface area contributed by atoms with E-state index in [1.54, 1.807) is 6.20 Å². The molecule has 0 saturated carbocycles. The van der Waals surface area contributed by atoms with Crippen LogP contribution in [0.15, 0.2) is 6.20 Å². The minimum absolute atomic E-state index is 0.0857. The number of hydrogen-bond acceptors (Lipinski definition) is 3. The number of imidazole rings is 1. The molecule has 0 aliphatic carbocycles. The van der Waals surface area contributed by atoms with Crippen LogP contribution in [0.3, 0.4) is 0 Å². The van der Waals surface area contributed by atoms with Crippen LogP contribution in [0.1, 0.15) is 42.0 Å². The van der Waals surface area contributed by atoms with Crippen LogP contribution in [0.25, 0.3) is 0 Å². The number of hydrogen-bond donors (Lipinski definition) is 1. The van der Waals surface area contributed by atoms with Crippen molar-refractivity contribution in [3.05, 3.63) is 17.7 Å². The van der Waals surface area contributed by atoms with Crippen molar-refractivity contribution in [3.8, 4) is 0 Å². The second-order valence-electron chi connectivity index (χ2n) is 5.79. The number of amides is 1. The van der Waals surface area contributed by atoms with E-state index >= 15 is 0 Å². The first-order chi connectivity index (χ1) is 9.19. The number of rotatable bonds is 1. The molecule has 2 aliphatic rings. The molecule has 19 heavy (non-hydrogen) atoms. The van der Waals surface area contributed by atoms with Gasteiger partial charge in [0.15, 0.2) is 0 Å². The van der Waals surface area contributed by atoms with Crippen LogP contribution in [0.4, 0.5) is 0 Å². The van der Waals surface area contributed by atoms with Gasteiger partial charge in [-0.3, -0.25) is 4.79 Å². The van der Waals surface area contributed by atoms with E-state index in [4.69, 9.17) is 4.74 Å². The number of aromatic amines is 1. The van der Waals surface area contributed by atoms with Crippen molar-refractivity contribution >= 4 is 5.91 Å². The van der Waals surface area contributed by atoms with Crippen LogP contribution < -0.4 is 0 Å². The minimum atomic E-state index is 0.0857. The fourth-order valence-corrected chi connectivity index (χ4v) is 3.19. The zero-order valence-electron chi connectivity index (χ0n) is 11.4. The molecule has 0 unspecified atom stereocenters. The van der Waals surface area contributed by atoms with Crippen LogP contribution in [-0.2, 0) is 4.74 Å². The summed E-state index contributed by atoms with van der Waals surface area (Å²) in [6, 6.07) is 0. The molecule has 0 bridgehead atoms. The van der Waals surface area contributed by atoms with Crippen LogP contribution in [0.5, 0.6) is 0 Å². The molecule has 1 aromatic rings. The Morgan fingerprint density at radius 2 is 2.00 bits per heavy atom. The normalized spacial score (nSPS) is 22.7. The van der Waals surface area contributed by atoms with E-state index in [1.807, 2.05) is 11.8 Å². The third-order valence-electron chi connectivity index (χ3n) is 4.60. The number of piperidine rings is 1. The molecule has 1 spiro atoms. The predicted molar refractivity (Wildman–Crippen MR) is 70.9 cm³/mol. The fourth-order valence-electron chi connectivity index (χ4n) is 3.19. The van der Waals surface area contributed by atoms with Gasteiger partial charge in [0.25, 0.3) is 5.91 Å². The summed E-state index contributed by atoms with van der Waals surface area (Å²) in [7, 11) is 0. The molecule has 2 saturated heterocycles. The van der Waals surface area contributed by atoms with Gasteiger partial charge in [0.05, 0.1) is 6.20 Å². The SMILES string of the molecule is Cc1ncc(C(=O)N2CCC3(CCOCC3)CC2)[nH]1. The molecule has 104 valence electrons. The number of nitrogens with one attached hydrogen (secondary N) is 1. The molecule has 3 rings (SSSR count). The molecule has 0 aromatic carbocycles. The van der Waals surface area contributed by atoms with E-state index in [1.165, 1.54) is 0 Å². The number of H-pyrrole nitrogens is 1. The maximum Gasteiger partial charge on any atom is 0.271 e. The van der Waals surface area contributed by atoms with Gasteiger partial charge in [0.1, 0.15) is 11.5 Å². The van der Waals surface area contributed by atoms with Gasteiger partial charge < -0.3 is 14.6 Å². The molecule has 3 heterocycles. The Balaban J connectivity index is 1.62. The third kappa shape index (κ3) is 2.52. The Hall–Kier alpha value is -1.36. The van der Waals surface area contributed by atoms with Gasteiger partial charge in [0, 0.05) is 26.3 Å². The van der Waals surface area contributed by atoms with E-state index in [-0.39, 0.29) is 5.91 Å². The number of aryl methyl sites for hydroxylation is 1. The summed E-state index contributed by atoms with van der Waals surface area (Å²) in [5.74, 6) is 0.878. The molecule has 2 fully saturated rings. The lowest BCUT2D eigenvalue weighted by molar-refractivity contribution is -0.0176. The van der Waals surface area contributed by atoms with Gasteiger partial charge in [-0.2, -0.15) is 0 Å². The number of likely N-dealkylation sites (tertiary alicyclic amines) is 1. The minimum Gasteiger partial charge on any atom is -0.381 e. The summed E-state index contributed by atoms with van der Waals surface area (Å²) >= 11 is 0. The summed E-state index contributed by atoms with van der Waals surface area (Å²) in [6.45, 7) is 5.35. The van der Waals surface area contributed by atoms with E-state index in [0.29, 0.717) is 11.1 Å². The van der Waals surface area contributed by atoms with E-state index in [9.17, 15) is 4.79 Å². The zero-order chi connectivity index (χ0) is 13.3. The monoisotopic (exact) mass is 263 g/mol. The first-order valence-corrected chi connectivity index (χ1v) is 7.07. The van der Waals surface area contributed by atoms with E-state index in [0.717, 1.165) is 57.8 Å². The van der Waals surface area contributed by atoms with Gasteiger partial charge >= 0.3 is 0 Å². The Kier molecular flexibility index (Phi) is 3.31. The van der Waals surface area contributed by atoms with Crippen LogP contribution in [0.2, 0.25) is 0 Å². The smallest absolute Gasteiger partial charge is 0.271 e. The maximum atomic E-state index is 12.3. The summed E-state index contributed by atoms with van der Waals surface area (Å²) in [5, 5.41) is 0. The van der Waals surface area contributed by atoms with Crippen molar-refractivity contribution in [3.63, 3.8) is 0 Å². The first-order valence-electron chi connectivity index (χ1n) is 7.07. The fraction of sp³-hybridized carbons (Fsp3) is 0.714. The molecular weight excluding hydrogens is 242 g/mol. The Morgan fingerprint density at radius 1 is 1.32 bits per heavy atom. The number of nitrogens with zero attached hydrogens (tertiary/aromatic N) is 2. The number of carbonyl (C=O) groups excluding carboxylic acids is 1. The van der Waals surface area contributed by atoms with Gasteiger partial charge in [-0.25, -0.2) is 4.98 Å². The molecule has 0 atom stereocenters. The highest BCUT2D eigenvalue weighted by atomic mass is 16.5. The van der Waals surface area contributed by atoms with Gasteiger partial charge in [-0.1, -0.05) is 0 Å². The van der Waals surface area contributed by atoms with Gasteiger partial charge in [-0.05, 0) is 38.0 Å². The Bertz CT molecular complexity index is 453. The van der Waals surface area contributed by atoms with Crippen LogP contribution in [-0.4, -0.2) is 47.1 Å². The number of ether oxygens (including phenoxy) is 1. The summed E-state index contributed by atoms with van der Waals surface area (Å²) in [5.41, 5.74) is 1.04. The molecule has 1 aromatic heterocycles. The van der Waals surface area contributed by atoms with Crippen molar-refractivity contribution in [1.29, 1.82) is 0 Å². The highest BCUT2D eigenvalue weighted by Gasteiger charge is 2.37. The third-order valence-corrected chi connectivity index (χ3v) is 4.60. The standard InChI is InChI=1S/C14H21N3O2/c1-11-15-10-12(16-11)13(18)17-6-2-14(3-7-17)4-8-19-9-5-14/h10H,2-9H2,1H3,(H,15,16). The topological polar surface area (TPSA) is 58.2 Å². The highest BCUT2D eigenvalue weighted by Crippen LogP contribution is 2.40. The summed E-state index contributed by atoms with van der Waals surface area (Å²) in [4.78, 5) is 21.4. The zero-order valence-corrected chi connectivity index (χ0v) is 11.4. The van der Waals surface area contributed by atoms with Gasteiger partial charge in [-0.15, -0.1) is 0 Å². The lowest BCUT2D eigenvalue weighted by Crippen LogP contribution is -2.45. The van der Waals surface area contributed by atoms with Crippen molar-refractivity contribution < 1.29 is 9.53 Å². The van der Waals surface area contributed by atoms with Crippen LogP contribution >= 0.6 is 0 Å². The molecule has 5 nitrogen and oxygen atoms in total. The summed E-state index contributed by atoms with van der Waals surface area (Å²) < 4.78 is 5.45. The molecular formula is C14H21N3O2. The predicted octanol–water partition coefficient (Wildman–Crippen LogP) is 1.75. The largest absolute Gasteiger partial charge is 0.381 e.